The van der Waals surface area contributed by atoms with Crippen LogP contribution in [-0.2, 0) is 4.74 Å². The van der Waals surface area contributed by atoms with Crippen LogP contribution in [0.4, 0.5) is 10.5 Å². The average Bonchev–Trinajstić information content (AvgIpc) is 2.60. The lowest BCUT2D eigenvalue weighted by Gasteiger charge is -2.20. The van der Waals surface area contributed by atoms with Crippen LogP contribution in [0.2, 0.25) is 0 Å². The third kappa shape index (κ3) is 4.03. The van der Waals surface area contributed by atoms with Gasteiger partial charge in [-0.1, -0.05) is 24.3 Å². The number of ether oxygens (including phenoxy) is 1. The summed E-state index contributed by atoms with van der Waals surface area (Å²) in [5, 5.41) is 12.6. The fraction of sp³-hybridized carbons (Fsp3) is 0.190. The fourth-order valence-electron chi connectivity index (χ4n) is 2.79. The Bertz CT molecular complexity index is 1110. The van der Waals surface area contributed by atoms with Gasteiger partial charge in [-0.05, 0) is 56.5 Å². The van der Waals surface area contributed by atoms with Crippen LogP contribution in [0.15, 0.2) is 59.4 Å². The Labute approximate surface area is 161 Å². The molecule has 1 heterocycles. The Kier molecular flexibility index (Phi) is 4.92. The standard InChI is InChI=1S/C21H20N2O5/c1-21(2,3)28-20(27)22-14-10-9-13-11-16(19(25)26)18(24)23(17(13)12-14)15-7-5-4-6-8-15/h4-12H,1-3H3,(H,22,27)(H,25,26). The van der Waals surface area contributed by atoms with Gasteiger partial charge in [-0.25, -0.2) is 9.59 Å². The van der Waals surface area contributed by atoms with Gasteiger partial charge in [0.25, 0.3) is 5.56 Å². The maximum atomic E-state index is 12.8. The summed E-state index contributed by atoms with van der Waals surface area (Å²) in [4.78, 5) is 36.4. The largest absolute Gasteiger partial charge is 0.477 e. The molecule has 0 atom stereocenters. The molecule has 144 valence electrons. The third-order valence-corrected chi connectivity index (χ3v) is 3.89. The number of nitrogens with zero attached hydrogens (tertiary/aromatic N) is 1. The van der Waals surface area contributed by atoms with E-state index in [1.165, 1.54) is 10.6 Å². The molecule has 2 N–H and O–H groups in total. The lowest BCUT2D eigenvalue weighted by atomic mass is 10.1. The lowest BCUT2D eigenvalue weighted by Crippen LogP contribution is -2.27. The number of carboxylic acids is 1. The summed E-state index contributed by atoms with van der Waals surface area (Å²) in [5.41, 5.74) is -0.216. The number of nitrogens with one attached hydrogen (secondary N) is 1. The minimum Gasteiger partial charge on any atom is -0.477 e. The van der Waals surface area contributed by atoms with Gasteiger partial charge in [-0.15, -0.1) is 0 Å². The monoisotopic (exact) mass is 380 g/mol. The molecule has 28 heavy (non-hydrogen) atoms. The Hall–Kier alpha value is -3.61. The van der Waals surface area contributed by atoms with Gasteiger partial charge in [0.1, 0.15) is 11.2 Å². The Morgan fingerprint density at radius 2 is 1.71 bits per heavy atom. The van der Waals surface area contributed by atoms with E-state index in [-0.39, 0.29) is 5.56 Å². The van der Waals surface area contributed by atoms with E-state index in [1.54, 1.807) is 69.3 Å². The first-order valence-electron chi connectivity index (χ1n) is 8.64. The van der Waals surface area contributed by atoms with E-state index >= 15 is 0 Å². The van der Waals surface area contributed by atoms with Gasteiger partial charge >= 0.3 is 12.1 Å². The van der Waals surface area contributed by atoms with Gasteiger partial charge in [0.15, 0.2) is 0 Å². The van der Waals surface area contributed by atoms with Crippen molar-refractivity contribution in [3.8, 4) is 5.69 Å². The molecular formula is C21H20N2O5. The fourth-order valence-corrected chi connectivity index (χ4v) is 2.79. The first-order valence-corrected chi connectivity index (χ1v) is 8.64. The summed E-state index contributed by atoms with van der Waals surface area (Å²) in [6.45, 7) is 5.27. The molecule has 7 nitrogen and oxygen atoms in total. The molecule has 0 saturated heterocycles. The highest BCUT2D eigenvalue weighted by molar-refractivity contribution is 5.95. The highest BCUT2D eigenvalue weighted by Crippen LogP contribution is 2.22. The maximum absolute atomic E-state index is 12.8. The Balaban J connectivity index is 2.17. The maximum Gasteiger partial charge on any atom is 0.412 e. The molecular weight excluding hydrogens is 360 g/mol. The van der Waals surface area contributed by atoms with Crippen LogP contribution in [0.25, 0.3) is 16.6 Å². The van der Waals surface area contributed by atoms with Crippen LogP contribution < -0.4 is 10.9 Å². The minimum atomic E-state index is -1.30. The van der Waals surface area contributed by atoms with Gasteiger partial charge in [0.05, 0.1) is 5.52 Å². The molecule has 7 heteroatoms. The quantitative estimate of drug-likeness (QED) is 0.715. The van der Waals surface area contributed by atoms with E-state index in [2.05, 4.69) is 5.32 Å². The number of hydrogen-bond donors (Lipinski definition) is 2. The summed E-state index contributed by atoms with van der Waals surface area (Å²) >= 11 is 0. The number of carbonyl (C=O) groups excluding carboxylic acids is 1. The zero-order valence-corrected chi connectivity index (χ0v) is 15.7. The van der Waals surface area contributed by atoms with Gasteiger partial charge < -0.3 is 9.84 Å². The molecule has 0 fully saturated rings. The SMILES string of the molecule is CC(C)(C)OC(=O)Nc1ccc2cc(C(=O)O)c(=O)n(-c3ccccc3)c2c1. The first-order chi connectivity index (χ1) is 13.2. The second kappa shape index (κ2) is 7.19. The molecule has 0 aliphatic heterocycles. The number of carbonyl (C=O) groups is 2. The van der Waals surface area contributed by atoms with Gasteiger partial charge in [-0.2, -0.15) is 0 Å². The molecule has 0 radical (unpaired) electrons. The second-order valence-electron chi connectivity index (χ2n) is 7.24. The van der Waals surface area contributed by atoms with Crippen molar-refractivity contribution in [1.82, 2.24) is 4.57 Å². The smallest absolute Gasteiger partial charge is 0.412 e. The zero-order valence-electron chi connectivity index (χ0n) is 15.7. The van der Waals surface area contributed by atoms with Gasteiger partial charge in [0.2, 0.25) is 0 Å². The normalized spacial score (nSPS) is 11.2. The third-order valence-electron chi connectivity index (χ3n) is 3.89. The van der Waals surface area contributed by atoms with Crippen LogP contribution in [0.3, 0.4) is 0 Å². The van der Waals surface area contributed by atoms with Crippen molar-refractivity contribution in [3.05, 3.63) is 70.5 Å². The summed E-state index contributed by atoms with van der Waals surface area (Å²) < 4.78 is 6.57. The van der Waals surface area contributed by atoms with Crippen LogP contribution in [0.1, 0.15) is 31.1 Å². The number of para-hydroxylation sites is 1. The van der Waals surface area contributed by atoms with Crippen molar-refractivity contribution in [2.24, 2.45) is 0 Å². The van der Waals surface area contributed by atoms with E-state index in [1.807, 2.05) is 0 Å². The average molecular weight is 380 g/mol. The predicted molar refractivity (Wildman–Crippen MR) is 106 cm³/mol. The molecule has 0 bridgehead atoms. The van der Waals surface area contributed by atoms with Crippen LogP contribution in [-0.4, -0.2) is 27.3 Å². The topological polar surface area (TPSA) is 97.6 Å². The summed E-state index contributed by atoms with van der Waals surface area (Å²) in [6, 6.07) is 14.9. The Morgan fingerprint density at radius 1 is 1.04 bits per heavy atom. The molecule has 2 aromatic carbocycles. The molecule has 3 rings (SSSR count). The molecule has 3 aromatic rings. The van der Waals surface area contributed by atoms with E-state index in [0.29, 0.717) is 22.3 Å². The summed E-state index contributed by atoms with van der Waals surface area (Å²) in [7, 11) is 0. The van der Waals surface area contributed by atoms with E-state index in [0.717, 1.165) is 0 Å². The second-order valence-corrected chi connectivity index (χ2v) is 7.24. The van der Waals surface area contributed by atoms with Gasteiger partial charge in [-0.3, -0.25) is 14.7 Å². The molecule has 1 aromatic heterocycles. The molecule has 0 unspecified atom stereocenters. The lowest BCUT2D eigenvalue weighted by molar-refractivity contribution is 0.0634. The number of aromatic carboxylic acids is 1. The first kappa shape index (κ1) is 19.2. The van der Waals surface area contributed by atoms with Crippen molar-refractivity contribution in [2.75, 3.05) is 5.32 Å². The van der Waals surface area contributed by atoms with Crippen molar-refractivity contribution >= 4 is 28.7 Å². The van der Waals surface area contributed by atoms with E-state index in [9.17, 15) is 19.5 Å². The summed E-state index contributed by atoms with van der Waals surface area (Å²) in [5.74, 6) is -1.30. The number of carboxylic acid groups (broad SMARTS) is 1. The number of pyridine rings is 1. The van der Waals surface area contributed by atoms with E-state index < -0.39 is 23.2 Å². The highest BCUT2D eigenvalue weighted by Gasteiger charge is 2.18. The van der Waals surface area contributed by atoms with Crippen molar-refractivity contribution in [2.45, 2.75) is 26.4 Å². The van der Waals surface area contributed by atoms with Crippen molar-refractivity contribution in [1.29, 1.82) is 0 Å². The van der Waals surface area contributed by atoms with Crippen LogP contribution >= 0.6 is 0 Å². The number of anilines is 1. The molecule has 0 spiro atoms. The molecule has 1 amide bonds. The molecule has 0 aliphatic rings. The predicted octanol–water partition coefficient (Wildman–Crippen LogP) is 4.04. The molecule has 0 aliphatic carbocycles. The van der Waals surface area contributed by atoms with Crippen molar-refractivity contribution in [3.63, 3.8) is 0 Å². The number of rotatable bonds is 3. The minimum absolute atomic E-state index is 0.329. The number of amides is 1. The van der Waals surface area contributed by atoms with Gasteiger partial charge in [0, 0.05) is 11.4 Å². The molecule has 0 saturated carbocycles. The zero-order chi connectivity index (χ0) is 20.5. The Morgan fingerprint density at radius 3 is 2.32 bits per heavy atom. The number of fused-ring (bicyclic) bond motifs is 1. The van der Waals surface area contributed by atoms with Crippen LogP contribution in [0.5, 0.6) is 0 Å². The highest BCUT2D eigenvalue weighted by atomic mass is 16.6. The number of benzene rings is 2. The van der Waals surface area contributed by atoms with Crippen molar-refractivity contribution < 1.29 is 19.4 Å². The number of hydrogen-bond acceptors (Lipinski definition) is 4. The summed E-state index contributed by atoms with van der Waals surface area (Å²) in [6.07, 6.45) is -0.623. The van der Waals surface area contributed by atoms with E-state index in [4.69, 9.17) is 4.74 Å². The van der Waals surface area contributed by atoms with Crippen LogP contribution in [0, 0.1) is 0 Å². The number of aromatic nitrogens is 1.